The molecule has 0 fully saturated rings. The zero-order valence-corrected chi connectivity index (χ0v) is 12.5. The summed E-state index contributed by atoms with van der Waals surface area (Å²) >= 11 is 2.26. The van der Waals surface area contributed by atoms with Gasteiger partial charge in [0, 0.05) is 9.13 Å². The third kappa shape index (κ3) is 3.18. The van der Waals surface area contributed by atoms with Gasteiger partial charge in [0.1, 0.15) is 12.7 Å². The summed E-state index contributed by atoms with van der Waals surface area (Å²) in [6.07, 6.45) is 0. The van der Waals surface area contributed by atoms with Gasteiger partial charge in [-0.3, -0.25) is 0 Å². The molecule has 0 heterocycles. The van der Waals surface area contributed by atoms with Crippen LogP contribution in [0.2, 0.25) is 0 Å². The van der Waals surface area contributed by atoms with Crippen LogP contribution >= 0.6 is 22.6 Å². The van der Waals surface area contributed by atoms with Gasteiger partial charge in [0.25, 0.3) is 0 Å². The summed E-state index contributed by atoms with van der Waals surface area (Å²) in [7, 11) is 1.57. The maximum Gasteiger partial charge on any atom is 0.179 e. The number of hydrogen-bond acceptors (Lipinski definition) is 3. The minimum atomic E-state index is 0.411. The SMILES string of the molecule is COc1cccc(C#N)c1OCc1ccccc1I. The molecule has 0 saturated heterocycles. The highest BCUT2D eigenvalue weighted by molar-refractivity contribution is 14.1. The average Bonchev–Trinajstić information content (AvgIpc) is 2.46. The Bertz CT molecular complexity index is 620. The van der Waals surface area contributed by atoms with Gasteiger partial charge < -0.3 is 9.47 Å². The van der Waals surface area contributed by atoms with Crippen LogP contribution in [0.1, 0.15) is 11.1 Å². The number of hydrogen-bond donors (Lipinski definition) is 0. The number of methoxy groups -OCH3 is 1. The summed E-state index contributed by atoms with van der Waals surface area (Å²) in [5.74, 6) is 1.07. The molecular formula is C15H12INO2. The van der Waals surface area contributed by atoms with Crippen molar-refractivity contribution < 1.29 is 9.47 Å². The first-order valence-electron chi connectivity index (χ1n) is 5.69. The van der Waals surface area contributed by atoms with Gasteiger partial charge in [0.15, 0.2) is 11.5 Å². The van der Waals surface area contributed by atoms with E-state index in [-0.39, 0.29) is 0 Å². The molecule has 2 aromatic rings. The van der Waals surface area contributed by atoms with Crippen molar-refractivity contribution in [3.63, 3.8) is 0 Å². The summed E-state index contributed by atoms with van der Waals surface area (Å²) in [4.78, 5) is 0. The lowest BCUT2D eigenvalue weighted by atomic mass is 10.2. The predicted octanol–water partition coefficient (Wildman–Crippen LogP) is 3.75. The quantitative estimate of drug-likeness (QED) is 0.775. The van der Waals surface area contributed by atoms with E-state index in [1.54, 1.807) is 25.3 Å². The van der Waals surface area contributed by atoms with Gasteiger partial charge in [0.2, 0.25) is 0 Å². The van der Waals surface area contributed by atoms with E-state index in [1.807, 2.05) is 24.3 Å². The zero-order chi connectivity index (χ0) is 13.7. The molecular weight excluding hydrogens is 353 g/mol. The molecule has 3 nitrogen and oxygen atoms in total. The number of rotatable bonds is 4. The fourth-order valence-corrected chi connectivity index (χ4v) is 2.22. The monoisotopic (exact) mass is 365 g/mol. The Kier molecular flexibility index (Phi) is 4.63. The second-order valence-electron chi connectivity index (χ2n) is 3.83. The van der Waals surface area contributed by atoms with E-state index in [0.29, 0.717) is 23.7 Å². The van der Waals surface area contributed by atoms with E-state index in [0.717, 1.165) is 9.13 Å². The van der Waals surface area contributed by atoms with E-state index in [2.05, 4.69) is 28.7 Å². The number of nitrogens with zero attached hydrogens (tertiary/aromatic N) is 1. The molecule has 0 spiro atoms. The number of benzene rings is 2. The molecule has 2 rings (SSSR count). The van der Waals surface area contributed by atoms with Gasteiger partial charge >= 0.3 is 0 Å². The minimum absolute atomic E-state index is 0.411. The van der Waals surface area contributed by atoms with Crippen LogP contribution in [0, 0.1) is 14.9 Å². The molecule has 0 aliphatic heterocycles. The maximum atomic E-state index is 9.10. The number of nitriles is 1. The minimum Gasteiger partial charge on any atom is -0.493 e. The topological polar surface area (TPSA) is 42.2 Å². The Balaban J connectivity index is 2.25. The van der Waals surface area contributed by atoms with Gasteiger partial charge in [-0.25, -0.2) is 0 Å². The van der Waals surface area contributed by atoms with E-state index in [4.69, 9.17) is 14.7 Å². The summed E-state index contributed by atoms with van der Waals surface area (Å²) in [6.45, 7) is 0.411. The van der Waals surface area contributed by atoms with Crippen LogP contribution in [0.25, 0.3) is 0 Å². The number of halogens is 1. The van der Waals surface area contributed by atoms with Crippen molar-refractivity contribution in [2.75, 3.05) is 7.11 Å². The Morgan fingerprint density at radius 1 is 1.16 bits per heavy atom. The van der Waals surface area contributed by atoms with Crippen molar-refractivity contribution >= 4 is 22.6 Å². The molecule has 4 heteroatoms. The summed E-state index contributed by atoms with van der Waals surface area (Å²) in [6, 6.07) is 15.4. The van der Waals surface area contributed by atoms with Crippen LogP contribution in [0.3, 0.4) is 0 Å². The normalized spacial score (nSPS) is 9.74. The van der Waals surface area contributed by atoms with Crippen molar-refractivity contribution in [3.8, 4) is 17.6 Å². The molecule has 0 aliphatic rings. The second kappa shape index (κ2) is 6.43. The van der Waals surface area contributed by atoms with Gasteiger partial charge in [-0.05, 0) is 40.8 Å². The van der Waals surface area contributed by atoms with E-state index >= 15 is 0 Å². The van der Waals surface area contributed by atoms with Crippen molar-refractivity contribution in [3.05, 3.63) is 57.2 Å². The predicted molar refractivity (Wildman–Crippen MR) is 81.2 cm³/mol. The highest BCUT2D eigenvalue weighted by atomic mass is 127. The molecule has 0 aromatic heterocycles. The molecule has 0 unspecified atom stereocenters. The van der Waals surface area contributed by atoms with Crippen molar-refractivity contribution in [2.45, 2.75) is 6.61 Å². The summed E-state index contributed by atoms with van der Waals surface area (Å²) < 4.78 is 12.1. The Morgan fingerprint density at radius 3 is 2.63 bits per heavy atom. The van der Waals surface area contributed by atoms with Crippen LogP contribution in [-0.2, 0) is 6.61 Å². The lowest BCUT2D eigenvalue weighted by molar-refractivity contribution is 0.283. The van der Waals surface area contributed by atoms with Gasteiger partial charge in [-0.1, -0.05) is 24.3 Å². The lowest BCUT2D eigenvalue weighted by Gasteiger charge is -2.12. The summed E-state index contributed by atoms with van der Waals surface area (Å²) in [5.41, 5.74) is 1.56. The molecule has 0 bridgehead atoms. The first kappa shape index (κ1) is 13.7. The largest absolute Gasteiger partial charge is 0.493 e. The highest BCUT2D eigenvalue weighted by Gasteiger charge is 2.11. The molecule has 0 radical (unpaired) electrons. The highest BCUT2D eigenvalue weighted by Crippen LogP contribution is 2.31. The van der Waals surface area contributed by atoms with Crippen molar-refractivity contribution in [2.24, 2.45) is 0 Å². The van der Waals surface area contributed by atoms with E-state index in [9.17, 15) is 0 Å². The smallest absolute Gasteiger partial charge is 0.179 e. The number of ether oxygens (including phenoxy) is 2. The molecule has 19 heavy (non-hydrogen) atoms. The molecule has 0 saturated carbocycles. The van der Waals surface area contributed by atoms with Crippen LogP contribution in [0.4, 0.5) is 0 Å². The average molecular weight is 365 g/mol. The van der Waals surface area contributed by atoms with Crippen molar-refractivity contribution in [1.29, 1.82) is 5.26 Å². The summed E-state index contributed by atoms with van der Waals surface area (Å²) in [5, 5.41) is 9.10. The standard InChI is InChI=1S/C15H12INO2/c1-18-14-8-4-6-11(9-17)15(14)19-10-12-5-2-3-7-13(12)16/h2-8H,10H2,1H3. The van der Waals surface area contributed by atoms with Gasteiger partial charge in [-0.2, -0.15) is 5.26 Å². The Hall–Kier alpha value is -1.74. The van der Waals surface area contributed by atoms with Crippen LogP contribution in [-0.4, -0.2) is 7.11 Å². The van der Waals surface area contributed by atoms with Gasteiger partial charge in [0.05, 0.1) is 12.7 Å². The lowest BCUT2D eigenvalue weighted by Crippen LogP contribution is -2.01. The fraction of sp³-hybridized carbons (Fsp3) is 0.133. The third-order valence-corrected chi connectivity index (χ3v) is 3.70. The van der Waals surface area contributed by atoms with Crippen LogP contribution < -0.4 is 9.47 Å². The Morgan fingerprint density at radius 2 is 1.95 bits per heavy atom. The molecule has 0 amide bonds. The first-order valence-corrected chi connectivity index (χ1v) is 6.77. The third-order valence-electron chi connectivity index (χ3n) is 2.65. The molecule has 0 aliphatic carbocycles. The fourth-order valence-electron chi connectivity index (χ4n) is 1.68. The van der Waals surface area contributed by atoms with Crippen LogP contribution in [0.15, 0.2) is 42.5 Å². The molecule has 2 aromatic carbocycles. The first-order chi connectivity index (χ1) is 9.26. The Labute approximate surface area is 125 Å². The van der Waals surface area contributed by atoms with Crippen LogP contribution in [0.5, 0.6) is 11.5 Å². The van der Waals surface area contributed by atoms with E-state index in [1.165, 1.54) is 0 Å². The molecule has 96 valence electrons. The zero-order valence-electron chi connectivity index (χ0n) is 10.4. The second-order valence-corrected chi connectivity index (χ2v) is 4.99. The maximum absolute atomic E-state index is 9.10. The number of para-hydroxylation sites is 1. The van der Waals surface area contributed by atoms with Gasteiger partial charge in [-0.15, -0.1) is 0 Å². The van der Waals surface area contributed by atoms with E-state index < -0.39 is 0 Å². The van der Waals surface area contributed by atoms with Crippen molar-refractivity contribution in [1.82, 2.24) is 0 Å². The molecule has 0 atom stereocenters. The molecule has 0 N–H and O–H groups in total.